The minimum absolute atomic E-state index is 0.0109. The summed E-state index contributed by atoms with van der Waals surface area (Å²) in [5.41, 5.74) is -0.535. The van der Waals surface area contributed by atoms with E-state index >= 15 is 0 Å². The molecular weight excluding hydrogens is 344 g/mol. The van der Waals surface area contributed by atoms with E-state index in [1.807, 2.05) is 6.92 Å². The molecule has 0 aromatic carbocycles. The van der Waals surface area contributed by atoms with Gasteiger partial charge in [-0.05, 0) is 68.1 Å². The molecule has 4 rings (SSSR count). The lowest BCUT2D eigenvalue weighted by molar-refractivity contribution is -0.206. The first-order chi connectivity index (χ1) is 12.7. The fourth-order valence-corrected chi connectivity index (χ4v) is 7.82. The van der Waals surface area contributed by atoms with Gasteiger partial charge in [0.15, 0.2) is 0 Å². The fraction of sp³-hybridized carbons (Fsp3) is 0.864. The molecule has 27 heavy (non-hydrogen) atoms. The number of hydrogen-bond acceptors (Lipinski definition) is 5. The van der Waals surface area contributed by atoms with E-state index in [1.165, 1.54) is 6.92 Å². The van der Waals surface area contributed by atoms with Crippen molar-refractivity contribution < 1.29 is 23.9 Å². The van der Waals surface area contributed by atoms with Crippen molar-refractivity contribution in [1.29, 1.82) is 0 Å². The highest BCUT2D eigenvalue weighted by Gasteiger charge is 2.66. The lowest BCUT2D eigenvalue weighted by atomic mass is 9.38. The first-order valence-electron chi connectivity index (χ1n) is 10.5. The molecule has 1 aliphatic heterocycles. The zero-order chi connectivity index (χ0) is 19.6. The Morgan fingerprint density at radius 1 is 1.07 bits per heavy atom. The van der Waals surface area contributed by atoms with Crippen LogP contribution in [-0.4, -0.2) is 30.9 Å². The fourth-order valence-electron chi connectivity index (χ4n) is 7.82. The number of hydrogen-bond donors (Lipinski definition) is 0. The predicted molar refractivity (Wildman–Crippen MR) is 98.6 cm³/mol. The zero-order valence-electron chi connectivity index (χ0n) is 17.0. The van der Waals surface area contributed by atoms with E-state index in [9.17, 15) is 14.4 Å². The molecule has 5 nitrogen and oxygen atoms in total. The Morgan fingerprint density at radius 3 is 2.44 bits per heavy atom. The molecular formula is C22H32O5. The quantitative estimate of drug-likeness (QED) is 0.545. The summed E-state index contributed by atoms with van der Waals surface area (Å²) in [6.07, 6.45) is 6.29. The van der Waals surface area contributed by atoms with E-state index in [4.69, 9.17) is 9.47 Å². The van der Waals surface area contributed by atoms with Crippen LogP contribution in [0.1, 0.15) is 66.2 Å². The highest BCUT2D eigenvalue weighted by atomic mass is 16.5. The Hall–Kier alpha value is -1.39. The largest absolute Gasteiger partial charge is 0.465 e. The molecule has 0 radical (unpaired) electrons. The average molecular weight is 376 g/mol. The van der Waals surface area contributed by atoms with Crippen molar-refractivity contribution >= 4 is 18.2 Å². The number of cyclic esters (lactones) is 1. The molecule has 4 fully saturated rings. The predicted octanol–water partition coefficient (Wildman–Crippen LogP) is 3.54. The first kappa shape index (κ1) is 18.9. The SMILES string of the molecule is CC(=O)O[C@@H]1CC[C@@]2(C)[C@@H]3CC[C@@H]4C(=O)OC[C@@H]4[C@@]3(C)CC[C@@H]2[C@]1(C)C=O. The molecule has 0 N–H and O–H groups in total. The molecule has 0 aromatic heterocycles. The van der Waals surface area contributed by atoms with Crippen molar-refractivity contribution in [2.45, 2.75) is 72.3 Å². The van der Waals surface area contributed by atoms with Gasteiger partial charge in [0.1, 0.15) is 12.4 Å². The van der Waals surface area contributed by atoms with E-state index in [0.29, 0.717) is 18.4 Å². The number of aldehydes is 1. The Kier molecular flexibility index (Phi) is 4.25. The molecule has 3 saturated carbocycles. The highest BCUT2D eigenvalue weighted by molar-refractivity contribution is 5.75. The van der Waals surface area contributed by atoms with Crippen molar-refractivity contribution in [1.82, 2.24) is 0 Å². The Bertz CT molecular complexity index is 674. The minimum Gasteiger partial charge on any atom is -0.465 e. The van der Waals surface area contributed by atoms with E-state index in [2.05, 4.69) is 13.8 Å². The third-order valence-corrected chi connectivity index (χ3v) is 9.12. The molecule has 5 heteroatoms. The second-order valence-electron chi connectivity index (χ2n) is 10.2. The summed E-state index contributed by atoms with van der Waals surface area (Å²) in [4.78, 5) is 36.1. The molecule has 0 amide bonds. The normalized spacial score (nSPS) is 51.4. The van der Waals surface area contributed by atoms with Crippen LogP contribution in [-0.2, 0) is 23.9 Å². The number of carbonyl (C=O) groups excluding carboxylic acids is 3. The van der Waals surface area contributed by atoms with Gasteiger partial charge in [-0.3, -0.25) is 9.59 Å². The standard InChI is InChI=1S/C22H32O5/c1-13(24)27-18-8-10-21(3)16-6-5-14-15(11-26-19(14)25)20(16,2)9-7-17(21)22(18,4)12-23/h12,14-18H,5-11H2,1-4H3/t14-,15-,16+,17-,18+,20+,21-,22-/m0/s1. The zero-order valence-corrected chi connectivity index (χ0v) is 17.0. The molecule has 0 spiro atoms. The maximum Gasteiger partial charge on any atom is 0.309 e. The van der Waals surface area contributed by atoms with Crippen LogP contribution in [0.4, 0.5) is 0 Å². The number of rotatable bonds is 2. The van der Waals surface area contributed by atoms with Gasteiger partial charge in [0.05, 0.1) is 17.9 Å². The van der Waals surface area contributed by atoms with Crippen LogP contribution in [0.25, 0.3) is 0 Å². The highest BCUT2D eigenvalue weighted by Crippen LogP contribution is 2.69. The minimum atomic E-state index is -0.640. The molecule has 150 valence electrons. The molecule has 3 aliphatic carbocycles. The molecule has 0 bridgehead atoms. The van der Waals surface area contributed by atoms with Crippen LogP contribution in [0, 0.1) is 39.9 Å². The van der Waals surface area contributed by atoms with Crippen molar-refractivity contribution in [2.24, 2.45) is 39.9 Å². The van der Waals surface area contributed by atoms with Gasteiger partial charge in [0, 0.05) is 12.8 Å². The summed E-state index contributed by atoms with van der Waals surface area (Å²) in [7, 11) is 0. The van der Waals surface area contributed by atoms with Gasteiger partial charge < -0.3 is 14.3 Å². The molecule has 1 heterocycles. The summed E-state index contributed by atoms with van der Waals surface area (Å²) in [6, 6.07) is 0. The summed E-state index contributed by atoms with van der Waals surface area (Å²) in [6.45, 7) is 8.68. The van der Waals surface area contributed by atoms with Crippen LogP contribution < -0.4 is 0 Å². The number of esters is 2. The summed E-state index contributed by atoms with van der Waals surface area (Å²) in [5.74, 6) is 0.712. The second kappa shape index (κ2) is 6.05. The lowest BCUT2D eigenvalue weighted by Gasteiger charge is -2.66. The summed E-state index contributed by atoms with van der Waals surface area (Å²) in [5, 5.41) is 0. The average Bonchev–Trinajstić information content (AvgIpc) is 2.99. The van der Waals surface area contributed by atoms with Crippen LogP contribution in [0.2, 0.25) is 0 Å². The van der Waals surface area contributed by atoms with Crippen molar-refractivity contribution in [3.8, 4) is 0 Å². The van der Waals surface area contributed by atoms with E-state index in [0.717, 1.165) is 44.8 Å². The number of ether oxygens (including phenoxy) is 2. The van der Waals surface area contributed by atoms with Gasteiger partial charge >= 0.3 is 11.9 Å². The number of carbonyl (C=O) groups is 3. The van der Waals surface area contributed by atoms with Crippen LogP contribution in [0.3, 0.4) is 0 Å². The topological polar surface area (TPSA) is 69.7 Å². The van der Waals surface area contributed by atoms with Gasteiger partial charge in [-0.1, -0.05) is 13.8 Å². The summed E-state index contributed by atoms with van der Waals surface area (Å²) >= 11 is 0. The van der Waals surface area contributed by atoms with Gasteiger partial charge in [0.2, 0.25) is 0 Å². The molecule has 1 saturated heterocycles. The van der Waals surface area contributed by atoms with E-state index < -0.39 is 5.41 Å². The van der Waals surface area contributed by atoms with Crippen LogP contribution in [0.5, 0.6) is 0 Å². The van der Waals surface area contributed by atoms with Gasteiger partial charge in [-0.15, -0.1) is 0 Å². The molecule has 0 aromatic rings. The summed E-state index contributed by atoms with van der Waals surface area (Å²) < 4.78 is 11.1. The third kappa shape index (κ3) is 2.45. The number of fused-ring (bicyclic) bond motifs is 5. The van der Waals surface area contributed by atoms with E-state index in [-0.39, 0.29) is 40.7 Å². The van der Waals surface area contributed by atoms with Crippen molar-refractivity contribution in [3.63, 3.8) is 0 Å². The second-order valence-corrected chi connectivity index (χ2v) is 10.2. The maximum atomic E-state index is 12.3. The lowest BCUT2D eigenvalue weighted by Crippen LogP contribution is -2.63. The van der Waals surface area contributed by atoms with Gasteiger partial charge in [-0.2, -0.15) is 0 Å². The first-order valence-corrected chi connectivity index (χ1v) is 10.5. The molecule has 0 unspecified atom stereocenters. The Labute approximate surface area is 161 Å². The van der Waals surface area contributed by atoms with Gasteiger partial charge in [-0.25, -0.2) is 0 Å². The molecule has 8 atom stereocenters. The van der Waals surface area contributed by atoms with Crippen LogP contribution >= 0.6 is 0 Å². The maximum absolute atomic E-state index is 12.3. The molecule has 4 aliphatic rings. The van der Waals surface area contributed by atoms with Gasteiger partial charge in [0.25, 0.3) is 0 Å². The Morgan fingerprint density at radius 2 is 1.78 bits per heavy atom. The smallest absolute Gasteiger partial charge is 0.309 e. The third-order valence-electron chi connectivity index (χ3n) is 9.12. The van der Waals surface area contributed by atoms with Crippen LogP contribution in [0.15, 0.2) is 0 Å². The van der Waals surface area contributed by atoms with E-state index in [1.54, 1.807) is 0 Å². The van der Waals surface area contributed by atoms with Crippen molar-refractivity contribution in [2.75, 3.05) is 6.61 Å². The van der Waals surface area contributed by atoms with Crippen molar-refractivity contribution in [3.05, 3.63) is 0 Å². The Balaban J connectivity index is 1.69. The monoisotopic (exact) mass is 376 g/mol.